The number of aryl methyl sites for hydroxylation is 1. The summed E-state index contributed by atoms with van der Waals surface area (Å²) < 4.78 is 8.22. The first-order chi connectivity index (χ1) is 11.7. The van der Waals surface area contributed by atoms with Crippen LogP contribution in [0.15, 0.2) is 28.9 Å². The van der Waals surface area contributed by atoms with Gasteiger partial charge in [0.15, 0.2) is 11.6 Å². The molecule has 0 amide bonds. The number of halogens is 1. The van der Waals surface area contributed by atoms with Crippen molar-refractivity contribution in [2.24, 2.45) is 18.9 Å². The van der Waals surface area contributed by atoms with Crippen molar-refractivity contribution in [3.05, 3.63) is 34.4 Å². The van der Waals surface area contributed by atoms with Crippen LogP contribution >= 0.6 is 15.9 Å². The number of hydrogen-bond acceptors (Lipinski definition) is 3. The van der Waals surface area contributed by atoms with Crippen molar-refractivity contribution in [2.45, 2.75) is 39.2 Å². The standard InChI is InChI=1S/C20H24BrNO3/c1-12(2)7-13(19(24)20(3)11-25-20)8-18(23)16-10-22(4)17-6-5-14(21)9-15(16)17/h5-6,9-10,12-13H,7-8,11H2,1-4H3. The molecule has 2 atom stereocenters. The van der Waals surface area contributed by atoms with Crippen LogP contribution in [0.5, 0.6) is 0 Å². The number of Topliss-reactive ketones (excluding diaryl/α,β-unsaturated/α-hetero) is 2. The minimum Gasteiger partial charge on any atom is -0.362 e. The summed E-state index contributed by atoms with van der Waals surface area (Å²) in [7, 11) is 1.93. The quantitative estimate of drug-likeness (QED) is 0.501. The minimum absolute atomic E-state index is 0.0203. The molecule has 1 aromatic heterocycles. The molecule has 0 N–H and O–H groups in total. The van der Waals surface area contributed by atoms with Crippen LogP contribution in [0, 0.1) is 11.8 Å². The van der Waals surface area contributed by atoms with Gasteiger partial charge in [-0.3, -0.25) is 9.59 Å². The molecule has 3 rings (SSSR count). The van der Waals surface area contributed by atoms with Gasteiger partial charge in [0, 0.05) is 46.5 Å². The highest BCUT2D eigenvalue weighted by Gasteiger charge is 2.49. The Morgan fingerprint density at radius 1 is 1.36 bits per heavy atom. The fourth-order valence-electron chi connectivity index (χ4n) is 3.45. The van der Waals surface area contributed by atoms with E-state index in [9.17, 15) is 9.59 Å². The van der Waals surface area contributed by atoms with E-state index in [-0.39, 0.29) is 23.9 Å². The molecular formula is C20H24BrNO3. The van der Waals surface area contributed by atoms with E-state index in [1.807, 2.05) is 42.9 Å². The molecule has 2 aromatic rings. The lowest BCUT2D eigenvalue weighted by Crippen LogP contribution is -2.31. The molecule has 0 saturated carbocycles. The van der Waals surface area contributed by atoms with Crippen LogP contribution < -0.4 is 0 Å². The summed E-state index contributed by atoms with van der Waals surface area (Å²) in [6.45, 7) is 6.45. The van der Waals surface area contributed by atoms with Crippen LogP contribution in [-0.4, -0.2) is 28.3 Å². The minimum atomic E-state index is -0.679. The molecule has 1 aliphatic rings. The number of benzene rings is 1. The van der Waals surface area contributed by atoms with E-state index in [0.717, 1.165) is 15.4 Å². The molecule has 2 heterocycles. The third-order valence-corrected chi connectivity index (χ3v) is 5.40. The normalized spacial score (nSPS) is 20.9. The van der Waals surface area contributed by atoms with Gasteiger partial charge in [0.1, 0.15) is 5.60 Å². The number of carbonyl (C=O) groups is 2. The Kier molecular flexibility index (Phi) is 4.91. The van der Waals surface area contributed by atoms with Gasteiger partial charge in [0.25, 0.3) is 0 Å². The maximum Gasteiger partial charge on any atom is 0.170 e. The molecule has 0 aliphatic carbocycles. The highest BCUT2D eigenvalue weighted by atomic mass is 79.9. The number of epoxide rings is 1. The summed E-state index contributed by atoms with van der Waals surface area (Å²) in [5, 5.41) is 0.923. The van der Waals surface area contributed by atoms with Crippen LogP contribution in [0.3, 0.4) is 0 Å². The number of hydrogen-bond donors (Lipinski definition) is 0. The van der Waals surface area contributed by atoms with E-state index in [1.54, 1.807) is 0 Å². The Balaban J connectivity index is 1.89. The van der Waals surface area contributed by atoms with E-state index in [0.29, 0.717) is 24.5 Å². The zero-order valence-corrected chi connectivity index (χ0v) is 16.7. The second kappa shape index (κ2) is 6.69. The predicted octanol–water partition coefficient (Wildman–Crippen LogP) is 4.53. The number of fused-ring (bicyclic) bond motifs is 1. The Bertz CT molecular complexity index is 833. The Morgan fingerprint density at radius 3 is 2.64 bits per heavy atom. The van der Waals surface area contributed by atoms with Gasteiger partial charge < -0.3 is 9.30 Å². The summed E-state index contributed by atoms with van der Waals surface area (Å²) in [6, 6.07) is 5.92. The van der Waals surface area contributed by atoms with Gasteiger partial charge >= 0.3 is 0 Å². The fraction of sp³-hybridized carbons (Fsp3) is 0.500. The molecule has 1 fully saturated rings. The maximum absolute atomic E-state index is 13.0. The lowest BCUT2D eigenvalue weighted by atomic mass is 9.83. The lowest BCUT2D eigenvalue weighted by molar-refractivity contribution is -0.128. The van der Waals surface area contributed by atoms with Crippen LogP contribution in [0.25, 0.3) is 10.9 Å². The molecule has 0 bridgehead atoms. The molecule has 25 heavy (non-hydrogen) atoms. The van der Waals surface area contributed by atoms with Crippen LogP contribution in [0.1, 0.15) is 44.0 Å². The Morgan fingerprint density at radius 2 is 2.04 bits per heavy atom. The van der Waals surface area contributed by atoms with E-state index in [1.165, 1.54) is 0 Å². The van der Waals surface area contributed by atoms with E-state index in [2.05, 4.69) is 29.8 Å². The maximum atomic E-state index is 13.0. The highest BCUT2D eigenvalue weighted by molar-refractivity contribution is 9.10. The smallest absolute Gasteiger partial charge is 0.170 e. The van der Waals surface area contributed by atoms with Gasteiger partial charge in [-0.05, 0) is 37.5 Å². The summed E-state index contributed by atoms with van der Waals surface area (Å²) in [5.41, 5.74) is 1.01. The average molecular weight is 406 g/mol. The number of nitrogens with zero attached hydrogens (tertiary/aromatic N) is 1. The monoisotopic (exact) mass is 405 g/mol. The predicted molar refractivity (Wildman–Crippen MR) is 102 cm³/mol. The molecule has 134 valence electrons. The van der Waals surface area contributed by atoms with Crippen molar-refractivity contribution in [3.8, 4) is 0 Å². The van der Waals surface area contributed by atoms with Crippen LogP contribution in [0.2, 0.25) is 0 Å². The number of rotatable bonds is 7. The van der Waals surface area contributed by atoms with Gasteiger partial charge in [-0.1, -0.05) is 29.8 Å². The molecular weight excluding hydrogens is 382 g/mol. The number of carbonyl (C=O) groups excluding carboxylic acids is 2. The molecule has 1 saturated heterocycles. The van der Waals surface area contributed by atoms with Crippen LogP contribution in [0.4, 0.5) is 0 Å². The Labute approximate surface area is 156 Å². The first-order valence-electron chi connectivity index (χ1n) is 8.67. The summed E-state index contributed by atoms with van der Waals surface area (Å²) in [6.07, 6.45) is 2.81. The van der Waals surface area contributed by atoms with Crippen molar-refractivity contribution in [1.82, 2.24) is 4.57 Å². The van der Waals surface area contributed by atoms with Gasteiger partial charge in [-0.2, -0.15) is 0 Å². The van der Waals surface area contributed by atoms with E-state index >= 15 is 0 Å². The summed E-state index contributed by atoms with van der Waals surface area (Å²) >= 11 is 3.47. The van der Waals surface area contributed by atoms with Gasteiger partial charge in [0.05, 0.1) is 6.61 Å². The van der Waals surface area contributed by atoms with E-state index < -0.39 is 5.60 Å². The largest absolute Gasteiger partial charge is 0.362 e. The van der Waals surface area contributed by atoms with Crippen molar-refractivity contribution in [2.75, 3.05) is 6.61 Å². The molecule has 1 aliphatic heterocycles. The highest BCUT2D eigenvalue weighted by Crippen LogP contribution is 2.35. The first-order valence-corrected chi connectivity index (χ1v) is 9.46. The first kappa shape index (κ1) is 18.3. The number of ether oxygens (including phenoxy) is 1. The Hall–Kier alpha value is -1.46. The summed E-state index contributed by atoms with van der Waals surface area (Å²) in [5.74, 6) is 0.149. The third-order valence-electron chi connectivity index (χ3n) is 4.91. The molecule has 1 aromatic carbocycles. The van der Waals surface area contributed by atoms with Crippen LogP contribution in [-0.2, 0) is 16.6 Å². The number of ketones is 2. The van der Waals surface area contributed by atoms with Gasteiger partial charge in [0.2, 0.25) is 0 Å². The topological polar surface area (TPSA) is 51.6 Å². The molecule has 4 nitrogen and oxygen atoms in total. The molecule has 2 unspecified atom stereocenters. The van der Waals surface area contributed by atoms with Crippen molar-refractivity contribution in [1.29, 1.82) is 0 Å². The fourth-order valence-corrected chi connectivity index (χ4v) is 3.82. The third kappa shape index (κ3) is 3.72. The molecule has 0 spiro atoms. The average Bonchev–Trinajstić information content (AvgIpc) is 3.20. The van der Waals surface area contributed by atoms with Gasteiger partial charge in [-0.25, -0.2) is 0 Å². The van der Waals surface area contributed by atoms with Crippen molar-refractivity contribution in [3.63, 3.8) is 0 Å². The molecule has 5 heteroatoms. The lowest BCUT2D eigenvalue weighted by Gasteiger charge is -2.19. The summed E-state index contributed by atoms with van der Waals surface area (Å²) in [4.78, 5) is 25.8. The van der Waals surface area contributed by atoms with Crippen molar-refractivity contribution >= 4 is 38.4 Å². The second-order valence-electron chi connectivity index (χ2n) is 7.65. The zero-order chi connectivity index (χ0) is 18.4. The van der Waals surface area contributed by atoms with E-state index in [4.69, 9.17) is 4.74 Å². The molecule has 0 radical (unpaired) electrons. The zero-order valence-electron chi connectivity index (χ0n) is 15.1. The number of aromatic nitrogens is 1. The second-order valence-corrected chi connectivity index (χ2v) is 8.57. The van der Waals surface area contributed by atoms with Crippen molar-refractivity contribution < 1.29 is 14.3 Å². The van der Waals surface area contributed by atoms with Gasteiger partial charge in [-0.15, -0.1) is 0 Å². The SMILES string of the molecule is CC(C)CC(CC(=O)c1cn(C)c2ccc(Br)cc12)C(=O)C1(C)CO1.